The Bertz CT molecular complexity index is 899. The summed E-state index contributed by atoms with van der Waals surface area (Å²) in [5.41, 5.74) is 4.77. The van der Waals surface area contributed by atoms with Gasteiger partial charge in [-0.05, 0) is 50.6 Å². The van der Waals surface area contributed by atoms with Crippen molar-refractivity contribution in [3.63, 3.8) is 0 Å². The average Bonchev–Trinajstić information content (AvgIpc) is 2.66. The van der Waals surface area contributed by atoms with Gasteiger partial charge < -0.3 is 14.6 Å². The summed E-state index contributed by atoms with van der Waals surface area (Å²) in [6.45, 7) is 5.17. The van der Waals surface area contributed by atoms with Crippen molar-refractivity contribution in [2.75, 3.05) is 12.9 Å². The molecule has 2 aromatic rings. The van der Waals surface area contributed by atoms with E-state index in [0.717, 1.165) is 11.4 Å². The van der Waals surface area contributed by atoms with E-state index in [9.17, 15) is 9.59 Å². The molecule has 1 aromatic heterocycles. The van der Waals surface area contributed by atoms with Crippen LogP contribution in [0.4, 0.5) is 0 Å². The zero-order valence-electron chi connectivity index (χ0n) is 16.5. The number of methoxy groups -OCH3 is 1. The molecule has 1 amide bonds. The van der Waals surface area contributed by atoms with Gasteiger partial charge in [-0.1, -0.05) is 11.8 Å². The number of aromatic nitrogens is 2. The number of carboxylic acids is 1. The SMILES string of the molecule is COc1cc(/C=N\NC(=O)CSc2nc(C)cc(C)n2)ccc1O[C@@H](C)C(=O)O. The van der Waals surface area contributed by atoms with E-state index in [0.29, 0.717) is 22.2 Å². The molecule has 0 unspecified atom stereocenters. The zero-order valence-corrected chi connectivity index (χ0v) is 17.3. The number of rotatable bonds is 9. The third-order valence-corrected chi connectivity index (χ3v) is 4.38. The van der Waals surface area contributed by atoms with Gasteiger partial charge in [-0.3, -0.25) is 4.79 Å². The number of nitrogens with one attached hydrogen (secondary N) is 1. The Morgan fingerprint density at radius 3 is 2.55 bits per heavy atom. The summed E-state index contributed by atoms with van der Waals surface area (Å²) >= 11 is 1.23. The van der Waals surface area contributed by atoms with E-state index >= 15 is 0 Å². The standard InChI is InChI=1S/C19H22N4O5S/c1-11-7-12(2)22-19(21-11)29-10-17(24)23-20-9-14-5-6-15(16(8-14)27-4)28-13(3)18(25)26/h5-9,13H,10H2,1-4H3,(H,23,24)(H,25,26)/b20-9-/t13-/m0/s1. The monoisotopic (exact) mass is 418 g/mol. The summed E-state index contributed by atoms with van der Waals surface area (Å²) in [5.74, 6) is -0.589. The zero-order chi connectivity index (χ0) is 21.4. The maximum Gasteiger partial charge on any atom is 0.344 e. The van der Waals surface area contributed by atoms with Crippen molar-refractivity contribution < 1.29 is 24.2 Å². The fourth-order valence-corrected chi connectivity index (χ4v) is 2.94. The van der Waals surface area contributed by atoms with E-state index in [1.165, 1.54) is 32.0 Å². The Balaban J connectivity index is 1.91. The van der Waals surface area contributed by atoms with Crippen LogP contribution in [0.3, 0.4) is 0 Å². The topological polar surface area (TPSA) is 123 Å². The number of carbonyl (C=O) groups excluding carboxylic acids is 1. The molecule has 2 rings (SSSR count). The van der Waals surface area contributed by atoms with Crippen molar-refractivity contribution in [2.45, 2.75) is 32.0 Å². The van der Waals surface area contributed by atoms with E-state index in [-0.39, 0.29) is 11.7 Å². The first-order chi connectivity index (χ1) is 13.8. The minimum absolute atomic E-state index is 0.128. The predicted molar refractivity (Wildman–Crippen MR) is 109 cm³/mol. The molecule has 154 valence electrons. The number of amides is 1. The number of hydrazone groups is 1. The molecule has 0 aliphatic heterocycles. The van der Waals surface area contributed by atoms with E-state index < -0.39 is 12.1 Å². The Morgan fingerprint density at radius 2 is 1.93 bits per heavy atom. The minimum Gasteiger partial charge on any atom is -0.493 e. The second-order valence-electron chi connectivity index (χ2n) is 6.02. The molecule has 1 atom stereocenters. The fraction of sp³-hybridized carbons (Fsp3) is 0.316. The van der Waals surface area contributed by atoms with Crippen LogP contribution in [0.25, 0.3) is 0 Å². The van der Waals surface area contributed by atoms with Gasteiger partial charge in [-0.15, -0.1) is 0 Å². The lowest BCUT2D eigenvalue weighted by atomic mass is 10.2. The van der Waals surface area contributed by atoms with Gasteiger partial charge in [0.05, 0.1) is 19.1 Å². The summed E-state index contributed by atoms with van der Waals surface area (Å²) in [6, 6.07) is 6.73. The number of hydrogen-bond donors (Lipinski definition) is 2. The molecular weight excluding hydrogens is 396 g/mol. The molecule has 10 heteroatoms. The fourth-order valence-electron chi connectivity index (χ4n) is 2.20. The van der Waals surface area contributed by atoms with Gasteiger partial charge >= 0.3 is 5.97 Å². The van der Waals surface area contributed by atoms with Gasteiger partial charge in [0.2, 0.25) is 0 Å². The molecule has 0 radical (unpaired) electrons. The summed E-state index contributed by atoms with van der Waals surface area (Å²) in [4.78, 5) is 31.4. The Morgan fingerprint density at radius 1 is 1.24 bits per heavy atom. The molecule has 1 heterocycles. The van der Waals surface area contributed by atoms with Crippen LogP contribution in [0.15, 0.2) is 34.5 Å². The number of hydrogen-bond acceptors (Lipinski definition) is 8. The molecule has 0 saturated heterocycles. The van der Waals surface area contributed by atoms with E-state index in [1.54, 1.807) is 18.2 Å². The Hall–Kier alpha value is -3.14. The second kappa shape index (κ2) is 10.4. The molecule has 0 bridgehead atoms. The van der Waals surface area contributed by atoms with Crippen LogP contribution >= 0.6 is 11.8 Å². The van der Waals surface area contributed by atoms with E-state index in [2.05, 4.69) is 20.5 Å². The molecule has 9 nitrogen and oxygen atoms in total. The molecular formula is C19H22N4O5S. The van der Waals surface area contributed by atoms with Crippen LogP contribution in [-0.2, 0) is 9.59 Å². The van der Waals surface area contributed by atoms with Crippen molar-refractivity contribution in [3.05, 3.63) is 41.2 Å². The van der Waals surface area contributed by atoms with Crippen LogP contribution in [0.1, 0.15) is 23.9 Å². The van der Waals surface area contributed by atoms with Crippen molar-refractivity contribution in [2.24, 2.45) is 5.10 Å². The number of benzene rings is 1. The van der Waals surface area contributed by atoms with Crippen LogP contribution in [0.5, 0.6) is 11.5 Å². The summed E-state index contributed by atoms with van der Waals surface area (Å²) in [6.07, 6.45) is 0.435. The molecule has 0 aliphatic rings. The molecule has 2 N–H and O–H groups in total. The van der Waals surface area contributed by atoms with Gasteiger partial charge in [-0.25, -0.2) is 20.2 Å². The van der Waals surface area contributed by atoms with E-state index in [1.807, 2.05) is 19.9 Å². The third-order valence-electron chi connectivity index (χ3n) is 3.54. The second-order valence-corrected chi connectivity index (χ2v) is 6.97. The normalized spacial score (nSPS) is 11.9. The first-order valence-electron chi connectivity index (χ1n) is 8.63. The number of aliphatic carboxylic acids is 1. The first kappa shape index (κ1) is 22.2. The number of ether oxygens (including phenoxy) is 2. The van der Waals surface area contributed by atoms with Crippen molar-refractivity contribution in [3.8, 4) is 11.5 Å². The number of carboxylic acid groups (broad SMARTS) is 1. The molecule has 0 saturated carbocycles. The van der Waals surface area contributed by atoms with Crippen LogP contribution in [0.2, 0.25) is 0 Å². The van der Waals surface area contributed by atoms with Gasteiger partial charge in [-0.2, -0.15) is 5.10 Å². The number of carbonyl (C=O) groups is 2. The van der Waals surface area contributed by atoms with Crippen molar-refractivity contribution in [1.29, 1.82) is 0 Å². The number of thioether (sulfide) groups is 1. The number of nitrogens with zero attached hydrogens (tertiary/aromatic N) is 3. The van der Waals surface area contributed by atoms with Crippen LogP contribution in [0, 0.1) is 13.8 Å². The minimum atomic E-state index is -1.08. The quantitative estimate of drug-likeness (QED) is 0.275. The van der Waals surface area contributed by atoms with Crippen molar-refractivity contribution in [1.82, 2.24) is 15.4 Å². The van der Waals surface area contributed by atoms with Gasteiger partial charge in [0.1, 0.15) is 0 Å². The maximum absolute atomic E-state index is 11.9. The summed E-state index contributed by atoms with van der Waals surface area (Å²) < 4.78 is 10.5. The molecule has 0 aliphatic carbocycles. The highest BCUT2D eigenvalue weighted by atomic mass is 32.2. The first-order valence-corrected chi connectivity index (χ1v) is 9.61. The summed E-state index contributed by atoms with van der Waals surface area (Å²) in [7, 11) is 1.45. The lowest BCUT2D eigenvalue weighted by Crippen LogP contribution is -2.23. The highest BCUT2D eigenvalue weighted by Gasteiger charge is 2.15. The van der Waals surface area contributed by atoms with Gasteiger partial charge in [0, 0.05) is 11.4 Å². The van der Waals surface area contributed by atoms with Gasteiger partial charge in [0.25, 0.3) is 5.91 Å². The largest absolute Gasteiger partial charge is 0.493 e. The van der Waals surface area contributed by atoms with Crippen LogP contribution in [-0.4, -0.2) is 52.1 Å². The summed E-state index contributed by atoms with van der Waals surface area (Å²) in [5, 5.41) is 13.4. The molecule has 29 heavy (non-hydrogen) atoms. The van der Waals surface area contributed by atoms with E-state index in [4.69, 9.17) is 14.6 Å². The highest BCUT2D eigenvalue weighted by Crippen LogP contribution is 2.28. The molecule has 0 fully saturated rings. The van der Waals surface area contributed by atoms with Crippen LogP contribution < -0.4 is 14.9 Å². The number of aryl methyl sites for hydroxylation is 2. The predicted octanol–water partition coefficient (Wildman–Crippen LogP) is 2.20. The maximum atomic E-state index is 11.9. The average molecular weight is 418 g/mol. The Kier molecular flexibility index (Phi) is 7.96. The van der Waals surface area contributed by atoms with Gasteiger partial charge in [0.15, 0.2) is 22.8 Å². The highest BCUT2D eigenvalue weighted by molar-refractivity contribution is 7.99. The smallest absolute Gasteiger partial charge is 0.344 e. The lowest BCUT2D eigenvalue weighted by molar-refractivity contribution is -0.144. The third kappa shape index (κ3) is 7.07. The molecule has 1 aromatic carbocycles. The molecule has 0 spiro atoms. The lowest BCUT2D eigenvalue weighted by Gasteiger charge is -2.13. The van der Waals surface area contributed by atoms with Crippen molar-refractivity contribution >= 4 is 29.9 Å². The Labute approximate surface area is 172 Å².